The predicted octanol–water partition coefficient (Wildman–Crippen LogP) is 2.16. The van der Waals surface area contributed by atoms with Gasteiger partial charge < -0.3 is 10.2 Å². The lowest BCUT2D eigenvalue weighted by Crippen LogP contribution is -2.35. The molecule has 0 radical (unpaired) electrons. The molecule has 0 saturated carbocycles. The van der Waals surface area contributed by atoms with Gasteiger partial charge in [0.15, 0.2) is 0 Å². The van der Waals surface area contributed by atoms with Crippen LogP contribution >= 0.6 is 0 Å². The van der Waals surface area contributed by atoms with Crippen molar-refractivity contribution in [2.75, 3.05) is 7.05 Å². The molecule has 0 saturated heterocycles. The van der Waals surface area contributed by atoms with E-state index < -0.39 is 10.0 Å². The molecule has 2 N–H and O–H groups in total. The molecule has 1 aromatic heterocycles. The van der Waals surface area contributed by atoms with E-state index in [1.54, 1.807) is 20.9 Å². The molecule has 0 fully saturated rings. The largest absolute Gasteiger partial charge is 0.465 e. The zero-order chi connectivity index (χ0) is 14.8. The van der Waals surface area contributed by atoms with Crippen LogP contribution in [0.15, 0.2) is 9.31 Å². The fourth-order valence-electron chi connectivity index (χ4n) is 2.26. The topological polar surface area (TPSA) is 76.5 Å². The van der Waals surface area contributed by atoms with E-state index in [9.17, 15) is 8.42 Å². The van der Waals surface area contributed by atoms with Gasteiger partial charge in [0.2, 0.25) is 10.0 Å². The van der Waals surface area contributed by atoms with Crippen molar-refractivity contribution in [3.05, 3.63) is 17.1 Å². The van der Waals surface area contributed by atoms with Crippen LogP contribution in [0.5, 0.6) is 0 Å². The predicted molar refractivity (Wildman–Crippen MR) is 75.4 cm³/mol. The minimum absolute atomic E-state index is 0.0461. The first-order chi connectivity index (χ1) is 8.77. The van der Waals surface area contributed by atoms with Crippen LogP contribution in [0, 0.1) is 13.8 Å². The molecule has 0 aliphatic rings. The molecule has 0 bridgehead atoms. The van der Waals surface area contributed by atoms with Crippen molar-refractivity contribution in [2.24, 2.45) is 5.73 Å². The molecule has 5 nitrogen and oxygen atoms in total. The Morgan fingerprint density at radius 1 is 1.32 bits per heavy atom. The molecule has 0 aliphatic carbocycles. The molecule has 1 rings (SSSR count). The van der Waals surface area contributed by atoms with Gasteiger partial charge in [-0.1, -0.05) is 13.3 Å². The minimum Gasteiger partial charge on any atom is -0.465 e. The summed E-state index contributed by atoms with van der Waals surface area (Å²) in [5, 5.41) is 0. The number of rotatable bonds is 6. The van der Waals surface area contributed by atoms with Gasteiger partial charge in [0.05, 0.1) is 0 Å². The van der Waals surface area contributed by atoms with Crippen LogP contribution in [0.4, 0.5) is 0 Å². The highest BCUT2D eigenvalue weighted by molar-refractivity contribution is 7.89. The van der Waals surface area contributed by atoms with Gasteiger partial charge in [-0.2, -0.15) is 4.31 Å². The number of nitrogens with two attached hydrogens (primary N) is 1. The van der Waals surface area contributed by atoms with Crippen molar-refractivity contribution >= 4 is 10.0 Å². The Hall–Kier alpha value is -0.850. The van der Waals surface area contributed by atoms with E-state index in [0.29, 0.717) is 17.1 Å². The maximum absolute atomic E-state index is 12.7. The first kappa shape index (κ1) is 16.2. The number of aryl methyl sites for hydroxylation is 2. The Balaban J connectivity index is 3.28. The average molecular weight is 288 g/mol. The van der Waals surface area contributed by atoms with E-state index in [1.807, 2.05) is 13.8 Å². The smallest absolute Gasteiger partial charge is 0.246 e. The number of nitrogens with zero attached hydrogens (tertiary/aromatic N) is 1. The number of hydrogen-bond acceptors (Lipinski definition) is 4. The van der Waals surface area contributed by atoms with Crippen LogP contribution < -0.4 is 5.73 Å². The monoisotopic (exact) mass is 288 g/mol. The summed E-state index contributed by atoms with van der Waals surface area (Å²) in [6.45, 7) is 7.51. The highest BCUT2D eigenvalue weighted by Gasteiger charge is 2.31. The molecule has 0 spiro atoms. The molecule has 1 aromatic rings. The quantitative estimate of drug-likeness (QED) is 0.870. The Labute approximate surface area is 115 Å². The molecule has 6 heteroatoms. The lowest BCUT2D eigenvalue weighted by atomic mass is 10.2. The molecule has 1 heterocycles. The lowest BCUT2D eigenvalue weighted by Gasteiger charge is -2.24. The van der Waals surface area contributed by atoms with E-state index >= 15 is 0 Å². The van der Waals surface area contributed by atoms with Gasteiger partial charge in [0.25, 0.3) is 0 Å². The van der Waals surface area contributed by atoms with Gasteiger partial charge in [-0.15, -0.1) is 0 Å². The molecule has 1 unspecified atom stereocenters. The second kappa shape index (κ2) is 6.07. The number of hydrogen-bond donors (Lipinski definition) is 1. The zero-order valence-electron chi connectivity index (χ0n) is 12.4. The third-order valence-electron chi connectivity index (χ3n) is 3.49. The molecule has 0 aromatic carbocycles. The number of sulfonamides is 1. The Kier molecular flexibility index (Phi) is 5.18. The van der Waals surface area contributed by atoms with E-state index in [0.717, 1.165) is 12.8 Å². The minimum atomic E-state index is -3.55. The van der Waals surface area contributed by atoms with Crippen LogP contribution in [-0.2, 0) is 16.6 Å². The normalized spacial score (nSPS) is 14.1. The van der Waals surface area contributed by atoms with Crippen LogP contribution in [0.1, 0.15) is 43.8 Å². The molecule has 1 atom stereocenters. The second-order valence-electron chi connectivity index (χ2n) is 4.89. The van der Waals surface area contributed by atoms with E-state index in [4.69, 9.17) is 10.2 Å². The van der Waals surface area contributed by atoms with Crippen LogP contribution in [-0.4, -0.2) is 25.8 Å². The van der Waals surface area contributed by atoms with E-state index in [1.165, 1.54) is 4.31 Å². The molecule has 0 aliphatic heterocycles. The second-order valence-corrected chi connectivity index (χ2v) is 6.82. The molecular formula is C13H24N2O3S. The molecule has 0 amide bonds. The Morgan fingerprint density at radius 2 is 1.89 bits per heavy atom. The third kappa shape index (κ3) is 3.01. The third-order valence-corrected chi connectivity index (χ3v) is 5.66. The molecular weight excluding hydrogens is 264 g/mol. The summed E-state index contributed by atoms with van der Waals surface area (Å²) in [5.74, 6) is 0.989. The van der Waals surface area contributed by atoms with Gasteiger partial charge >= 0.3 is 0 Å². The summed E-state index contributed by atoms with van der Waals surface area (Å²) >= 11 is 0. The summed E-state index contributed by atoms with van der Waals surface area (Å²) in [6, 6.07) is -0.0461. The van der Waals surface area contributed by atoms with Gasteiger partial charge in [0, 0.05) is 25.2 Å². The first-order valence-corrected chi connectivity index (χ1v) is 7.98. The van der Waals surface area contributed by atoms with Crippen molar-refractivity contribution in [3.63, 3.8) is 0 Å². The molecule has 19 heavy (non-hydrogen) atoms. The Morgan fingerprint density at radius 3 is 2.37 bits per heavy atom. The van der Waals surface area contributed by atoms with Crippen LogP contribution in [0.3, 0.4) is 0 Å². The van der Waals surface area contributed by atoms with Gasteiger partial charge in [0.1, 0.15) is 16.4 Å². The van der Waals surface area contributed by atoms with Gasteiger partial charge in [-0.3, -0.25) is 0 Å². The van der Waals surface area contributed by atoms with Crippen molar-refractivity contribution in [3.8, 4) is 0 Å². The van der Waals surface area contributed by atoms with Gasteiger partial charge in [-0.05, 0) is 27.2 Å². The maximum atomic E-state index is 12.7. The van der Waals surface area contributed by atoms with Crippen molar-refractivity contribution in [1.82, 2.24) is 4.31 Å². The van der Waals surface area contributed by atoms with Crippen molar-refractivity contribution in [1.29, 1.82) is 0 Å². The first-order valence-electron chi connectivity index (χ1n) is 6.54. The van der Waals surface area contributed by atoms with Crippen LogP contribution in [0.25, 0.3) is 0 Å². The fraction of sp³-hybridized carbons (Fsp3) is 0.692. The van der Waals surface area contributed by atoms with E-state index in [-0.39, 0.29) is 17.5 Å². The standard InChI is InChI=1S/C13H24N2O3S/c1-6-7-9(2)15(5)19(16,17)13-11(4)18-10(3)12(13)8-14/h9H,6-8,14H2,1-5H3. The van der Waals surface area contributed by atoms with Gasteiger partial charge in [-0.25, -0.2) is 8.42 Å². The fourth-order valence-corrected chi connectivity index (χ4v) is 4.07. The maximum Gasteiger partial charge on any atom is 0.246 e. The summed E-state index contributed by atoms with van der Waals surface area (Å²) in [5.41, 5.74) is 6.23. The summed E-state index contributed by atoms with van der Waals surface area (Å²) in [7, 11) is -1.94. The molecule has 110 valence electrons. The van der Waals surface area contributed by atoms with Crippen molar-refractivity contribution in [2.45, 2.75) is 58.0 Å². The van der Waals surface area contributed by atoms with Crippen LogP contribution in [0.2, 0.25) is 0 Å². The van der Waals surface area contributed by atoms with E-state index in [2.05, 4.69) is 0 Å². The summed E-state index contributed by atoms with van der Waals surface area (Å²) < 4.78 is 32.2. The van der Waals surface area contributed by atoms with Crippen molar-refractivity contribution < 1.29 is 12.8 Å². The Bertz CT molecular complexity index is 534. The SMILES string of the molecule is CCCC(C)N(C)S(=O)(=O)c1c(C)oc(C)c1CN. The average Bonchev–Trinajstić information content (AvgIpc) is 2.63. The highest BCUT2D eigenvalue weighted by Crippen LogP contribution is 2.29. The number of furan rings is 1. The highest BCUT2D eigenvalue weighted by atomic mass is 32.2. The summed E-state index contributed by atoms with van der Waals surface area (Å²) in [4.78, 5) is 0.234. The zero-order valence-corrected chi connectivity index (χ0v) is 13.2. The summed E-state index contributed by atoms with van der Waals surface area (Å²) in [6.07, 6.45) is 1.76. The lowest BCUT2D eigenvalue weighted by molar-refractivity contribution is 0.367.